The van der Waals surface area contributed by atoms with Gasteiger partial charge in [-0.1, -0.05) is 53.6 Å². The van der Waals surface area contributed by atoms with Crippen molar-refractivity contribution in [2.24, 2.45) is 5.92 Å². The molecule has 76 heavy (non-hydrogen) atoms. The van der Waals surface area contributed by atoms with Gasteiger partial charge < -0.3 is 0 Å². The Bertz CT molecular complexity index is 7480. The molecule has 0 bridgehead atoms. The van der Waals surface area contributed by atoms with Gasteiger partial charge in [-0.15, -0.1) is 0 Å². The molecule has 0 heterocycles. The summed E-state index contributed by atoms with van der Waals surface area (Å²) < 4.78 is 0. The van der Waals surface area contributed by atoms with Gasteiger partial charge >= 0.3 is 0 Å². The van der Waals surface area contributed by atoms with Crippen LogP contribution in [0.1, 0.15) is 60.9 Å². The first kappa shape index (κ1) is 29.9. The zero-order valence-corrected chi connectivity index (χ0v) is 40.4. The van der Waals surface area contributed by atoms with Gasteiger partial charge in [0.2, 0.25) is 0 Å². The number of hydrogen-bond donors (Lipinski definition) is 0. The van der Waals surface area contributed by atoms with Gasteiger partial charge in [0, 0.05) is 10.8 Å². The van der Waals surface area contributed by atoms with E-state index >= 15 is 0 Å². The molecule has 0 N–H and O–H groups in total. The summed E-state index contributed by atoms with van der Waals surface area (Å²) in [6, 6.07) is 12.3. The summed E-state index contributed by atoms with van der Waals surface area (Å²) in [5, 5.41) is 90.7. The van der Waals surface area contributed by atoms with Gasteiger partial charge in [0.1, 0.15) is 0 Å². The normalized spacial score (nSPS) is 23.9. The fourth-order valence-electron chi connectivity index (χ4n) is 27.2. The Labute approximate surface area is 419 Å². The predicted molar refractivity (Wildman–Crippen MR) is 324 cm³/mol. The molecule has 0 nitrogen and oxygen atoms in total. The zero-order chi connectivity index (χ0) is 46.0. The third-order valence-electron chi connectivity index (χ3n) is 27.4. The van der Waals surface area contributed by atoms with E-state index in [4.69, 9.17) is 0 Å². The van der Waals surface area contributed by atoms with E-state index in [-0.39, 0.29) is 10.8 Å². The molecule has 34 rings (SSSR count). The second-order valence-electron chi connectivity index (χ2n) is 28.3. The lowest BCUT2D eigenvalue weighted by Gasteiger charge is -2.55. The van der Waals surface area contributed by atoms with Gasteiger partial charge in [0.15, 0.2) is 0 Å². The molecule has 0 heteroatoms. The molecule has 324 valence electrons. The monoisotopic (exact) mass is 932 g/mol. The van der Waals surface area contributed by atoms with E-state index in [2.05, 4.69) is 63.3 Å². The van der Waals surface area contributed by atoms with Gasteiger partial charge in [-0.3, -0.25) is 0 Å². The van der Waals surface area contributed by atoms with Crippen LogP contribution in [0.5, 0.6) is 0 Å². The molecule has 0 aliphatic heterocycles. The molecule has 0 amide bonds. The van der Waals surface area contributed by atoms with Gasteiger partial charge in [-0.2, -0.15) is 0 Å². The van der Waals surface area contributed by atoms with Crippen molar-refractivity contribution < 1.29 is 0 Å². The van der Waals surface area contributed by atoms with Crippen LogP contribution in [0.3, 0.4) is 0 Å². The maximum absolute atomic E-state index is 2.63. The lowest BCUT2D eigenvalue weighted by atomic mass is 9.45. The van der Waals surface area contributed by atoms with Gasteiger partial charge in [-0.05, 0) is 358 Å². The van der Waals surface area contributed by atoms with Crippen LogP contribution in [0.15, 0.2) is 53.6 Å². The number of benzene rings is 19. The molecule has 29 aromatic carbocycles. The summed E-state index contributed by atoms with van der Waals surface area (Å²) in [5.41, 5.74) is 11.2. The van der Waals surface area contributed by atoms with E-state index in [1.807, 2.05) is 0 Å². The summed E-state index contributed by atoms with van der Waals surface area (Å²) in [6.07, 6.45) is 6.27. The lowest BCUT2D eigenvalue weighted by Crippen LogP contribution is -2.53. The Morgan fingerprint density at radius 2 is 0.487 bits per heavy atom. The first-order chi connectivity index (χ1) is 37.7. The van der Waals surface area contributed by atoms with E-state index in [1.54, 1.807) is 324 Å². The molecule has 0 unspecified atom stereocenters. The predicted octanol–water partition coefficient (Wildman–Crippen LogP) is 21.0. The third kappa shape index (κ3) is 1.67. The minimum atomic E-state index is -0.301. The van der Waals surface area contributed by atoms with Crippen molar-refractivity contribution in [1.82, 2.24) is 0 Å². The first-order valence-electron chi connectivity index (χ1n) is 28.8. The number of rotatable bonds is 3. The highest BCUT2D eigenvalue weighted by atomic mass is 14.8. The molecule has 5 aliphatic rings. The Hall–Kier alpha value is -8.84. The van der Waals surface area contributed by atoms with E-state index < -0.39 is 0 Å². The Kier molecular flexibility index (Phi) is 2.76. The Morgan fingerprint density at radius 1 is 0.276 bits per heavy atom. The molecule has 0 aromatic heterocycles. The highest BCUT2D eigenvalue weighted by Gasteiger charge is 2.77. The van der Waals surface area contributed by atoms with Crippen LogP contribution in [-0.4, -0.2) is 0 Å². The lowest BCUT2D eigenvalue weighted by molar-refractivity contribution is 0.316. The minimum Gasteiger partial charge on any atom is -0.0764 e. The van der Waals surface area contributed by atoms with Crippen LogP contribution in [0, 0.1) is 5.92 Å². The summed E-state index contributed by atoms with van der Waals surface area (Å²) in [6.45, 7) is 7.25. The summed E-state index contributed by atoms with van der Waals surface area (Å²) in [4.78, 5) is 0. The van der Waals surface area contributed by atoms with Crippen LogP contribution in [0.2, 0.25) is 0 Å². The highest BCUT2D eigenvalue weighted by molar-refractivity contribution is 6.82. The van der Waals surface area contributed by atoms with Crippen molar-refractivity contribution in [2.75, 3.05) is 0 Å². The maximum Gasteiger partial charge on any atom is 0.0440 e. The summed E-state index contributed by atoms with van der Waals surface area (Å²) >= 11 is 0. The molecule has 2 spiro atoms. The molecular formula is C76H20. The molecule has 1 saturated carbocycles. The second kappa shape index (κ2) is 7.01. The van der Waals surface area contributed by atoms with Crippen LogP contribution in [0.25, 0.3) is 291 Å². The van der Waals surface area contributed by atoms with Crippen molar-refractivity contribution in [1.29, 1.82) is 0 Å². The molecular weight excluding hydrogens is 913 g/mol. The smallest absolute Gasteiger partial charge is 0.0440 e. The van der Waals surface area contributed by atoms with Crippen molar-refractivity contribution in [2.45, 2.75) is 43.9 Å². The van der Waals surface area contributed by atoms with E-state index in [0.717, 1.165) is 6.42 Å². The van der Waals surface area contributed by atoms with Crippen LogP contribution in [0.4, 0.5) is 0 Å². The fraction of sp³-hybridized carbons (Fsp3) is 0.105. The molecule has 2 atom stereocenters. The zero-order valence-electron chi connectivity index (χ0n) is 40.4. The van der Waals surface area contributed by atoms with E-state index in [9.17, 15) is 0 Å². The quantitative estimate of drug-likeness (QED) is 0.122. The number of allylic oxidation sites excluding steroid dienone is 4. The Morgan fingerprint density at radius 3 is 0.711 bits per heavy atom. The highest BCUT2D eigenvalue weighted by Crippen LogP contribution is 2.89. The van der Waals surface area contributed by atoms with Gasteiger partial charge in [0.05, 0.1) is 0 Å². The molecule has 0 radical (unpaired) electrons. The SMILES string of the molecule is CC(C)=C/C=C(\C)[C@H]1C[C@@H](c2ccccc2)C23c4c5c6c7c8c9c(c%10c%11c2c2c4c4c%12c5c5c6c6c8c8c%13c9c9c%10c%10c%11c%11c2c2c4c4c%12c%12c5c5c6c8c6c8c%13c9c9c%10c%10c%11c2c2c4c4c%12c5c6c5c8c9c%10c2c45)C713. The standard InChI is InChI=1S/C76H20/c1-12(2)9-10-13(3)15-11-16(14-7-5-4-6-8-14)76-73-67-57-47-37-29-21-18-17-19-23-25(21)33-39-31(23)41-35-27(19)28-20(17)24-26-22(18)30(29)38-44-34(26)40-32(24)42-36(28)46-45(35)55-49(41)59-53(39)61(51(57)43(33)37)69(73)65(59)71-63(55)64-56(46)50(42)60-54(40)62-52(44)58(48(38)47)68(67)74(76)70(62)66(60)72(64)75(15,71)76/h4-10,15-16H,11H2,1-3H3/b13-10+/t15-,16+,75?,76?/m1/s1. The average Bonchev–Trinajstić information content (AvgIpc) is 1.56. The largest absolute Gasteiger partial charge is 0.0764 e. The molecule has 1 fully saturated rings. The first-order valence-corrected chi connectivity index (χ1v) is 28.8. The van der Waals surface area contributed by atoms with Crippen molar-refractivity contribution in [3.63, 3.8) is 0 Å². The third-order valence-corrected chi connectivity index (χ3v) is 27.4. The molecule has 0 saturated heterocycles. The van der Waals surface area contributed by atoms with E-state index in [1.165, 1.54) is 5.57 Å². The Balaban J connectivity index is 1.13. The van der Waals surface area contributed by atoms with Crippen LogP contribution >= 0.6 is 0 Å². The van der Waals surface area contributed by atoms with Crippen LogP contribution < -0.4 is 0 Å². The van der Waals surface area contributed by atoms with Gasteiger partial charge in [0.25, 0.3) is 0 Å². The van der Waals surface area contributed by atoms with Crippen molar-refractivity contribution >= 4 is 291 Å². The second-order valence-corrected chi connectivity index (χ2v) is 28.3. The summed E-state index contributed by atoms with van der Waals surface area (Å²) in [5.74, 6) is 0.605. The number of hydrogen-bond acceptors (Lipinski definition) is 0. The van der Waals surface area contributed by atoms with Crippen LogP contribution in [-0.2, 0) is 10.8 Å². The van der Waals surface area contributed by atoms with E-state index in [0.29, 0.717) is 11.8 Å². The van der Waals surface area contributed by atoms with Crippen molar-refractivity contribution in [3.05, 3.63) is 81.4 Å². The average molecular weight is 933 g/mol. The maximum atomic E-state index is 2.63. The molecule has 5 aliphatic carbocycles. The minimum absolute atomic E-state index is 0.296. The molecule has 29 aromatic rings. The van der Waals surface area contributed by atoms with Gasteiger partial charge in [-0.25, -0.2) is 0 Å². The topological polar surface area (TPSA) is 0 Å². The summed E-state index contributed by atoms with van der Waals surface area (Å²) in [7, 11) is 0. The fourth-order valence-corrected chi connectivity index (χ4v) is 27.2. The van der Waals surface area contributed by atoms with Crippen molar-refractivity contribution in [3.8, 4) is 0 Å².